The number of H-pyrrole nitrogens is 1. The van der Waals surface area contributed by atoms with Crippen LogP contribution in [0.1, 0.15) is 11.3 Å². The number of hydrogen-bond acceptors (Lipinski definition) is 5. The molecule has 0 radical (unpaired) electrons. The van der Waals surface area contributed by atoms with Crippen molar-refractivity contribution in [3.63, 3.8) is 0 Å². The lowest BCUT2D eigenvalue weighted by atomic mass is 10.1. The van der Waals surface area contributed by atoms with Gasteiger partial charge in [-0.1, -0.05) is 0 Å². The quantitative estimate of drug-likeness (QED) is 0.618. The maximum absolute atomic E-state index is 11.6. The maximum Gasteiger partial charge on any atom is 0.272 e. The number of fused-ring (bicyclic) bond motifs is 2. The third kappa shape index (κ3) is 1.30. The fraction of sp³-hybridized carbons (Fsp3) is 0.182. The van der Waals surface area contributed by atoms with Gasteiger partial charge in [0.15, 0.2) is 0 Å². The van der Waals surface area contributed by atoms with Crippen LogP contribution in [-0.2, 0) is 6.42 Å². The highest BCUT2D eigenvalue weighted by atomic mass is 16.5. The highest BCUT2D eigenvalue weighted by Crippen LogP contribution is 2.28. The molecular weight excluding hydrogens is 220 g/mol. The number of ether oxygens (including phenoxy) is 1. The first kappa shape index (κ1) is 9.83. The molecule has 17 heavy (non-hydrogen) atoms. The van der Waals surface area contributed by atoms with E-state index < -0.39 is 5.56 Å². The largest absolute Gasteiger partial charge is 0.491 e. The number of anilines is 1. The molecule has 0 unspecified atom stereocenters. The van der Waals surface area contributed by atoms with Gasteiger partial charge in [0.05, 0.1) is 23.3 Å². The van der Waals surface area contributed by atoms with Crippen molar-refractivity contribution in [3.05, 3.63) is 27.7 Å². The number of aromatic amines is 1. The Bertz CT molecular complexity index is 690. The van der Waals surface area contributed by atoms with Crippen LogP contribution in [0.4, 0.5) is 5.69 Å². The summed E-state index contributed by atoms with van der Waals surface area (Å²) in [5, 5.41) is 7.33. The average Bonchev–Trinajstić information content (AvgIpc) is 2.75. The summed E-state index contributed by atoms with van der Waals surface area (Å²) in [6.45, 7) is 0.596. The number of nitrogens with two attached hydrogens (primary N) is 1. The zero-order valence-electron chi connectivity index (χ0n) is 8.91. The number of rotatable bonds is 1. The van der Waals surface area contributed by atoms with Gasteiger partial charge in [-0.15, -0.1) is 0 Å². The van der Waals surface area contributed by atoms with Crippen LogP contribution in [0.15, 0.2) is 10.9 Å². The fourth-order valence-electron chi connectivity index (χ4n) is 1.98. The maximum atomic E-state index is 11.6. The summed E-state index contributed by atoms with van der Waals surface area (Å²) in [6, 6.07) is 1.73. The van der Waals surface area contributed by atoms with Gasteiger partial charge in [-0.2, -0.15) is 0 Å². The molecular formula is C11H10N4O2. The topological polar surface area (TPSA) is 105 Å². The van der Waals surface area contributed by atoms with E-state index in [9.17, 15) is 4.79 Å². The minimum atomic E-state index is -0.407. The van der Waals surface area contributed by atoms with Crippen molar-refractivity contribution in [2.45, 2.75) is 6.42 Å². The summed E-state index contributed by atoms with van der Waals surface area (Å²) in [6.07, 6.45) is 1.80. The van der Waals surface area contributed by atoms with Gasteiger partial charge in [0.2, 0.25) is 0 Å². The zero-order valence-corrected chi connectivity index (χ0v) is 8.91. The van der Waals surface area contributed by atoms with E-state index in [1.54, 1.807) is 6.07 Å². The van der Waals surface area contributed by atoms with Crippen molar-refractivity contribution < 1.29 is 4.74 Å². The van der Waals surface area contributed by atoms with Gasteiger partial charge in [0.25, 0.3) is 5.56 Å². The van der Waals surface area contributed by atoms with Gasteiger partial charge in [-0.3, -0.25) is 4.79 Å². The van der Waals surface area contributed by atoms with Gasteiger partial charge in [-0.05, 0) is 0 Å². The normalized spacial score (nSPS) is 13.4. The molecule has 0 atom stereocenters. The third-order valence-electron chi connectivity index (χ3n) is 2.84. The van der Waals surface area contributed by atoms with Crippen molar-refractivity contribution in [1.29, 1.82) is 5.41 Å². The Hall–Kier alpha value is -2.37. The van der Waals surface area contributed by atoms with Crippen LogP contribution in [-0.4, -0.2) is 22.8 Å². The van der Waals surface area contributed by atoms with E-state index in [4.69, 9.17) is 15.9 Å². The number of hydrogen-bond donors (Lipinski definition) is 3. The van der Waals surface area contributed by atoms with Crippen molar-refractivity contribution >= 4 is 22.9 Å². The number of nitrogens with zero attached hydrogens (tertiary/aromatic N) is 1. The van der Waals surface area contributed by atoms with Gasteiger partial charge in [-0.25, -0.2) is 4.98 Å². The Morgan fingerprint density at radius 2 is 2.41 bits per heavy atom. The molecule has 1 aliphatic rings. The summed E-state index contributed by atoms with van der Waals surface area (Å²) >= 11 is 0. The Morgan fingerprint density at radius 3 is 3.18 bits per heavy atom. The lowest BCUT2D eigenvalue weighted by molar-refractivity contribution is 0.357. The van der Waals surface area contributed by atoms with E-state index in [0.29, 0.717) is 29.0 Å². The number of nitrogens with one attached hydrogen (secondary N) is 2. The molecule has 4 N–H and O–H groups in total. The van der Waals surface area contributed by atoms with Gasteiger partial charge in [0, 0.05) is 24.3 Å². The standard InChI is InChI=1S/C11H10N4O2/c12-4-5-9(13)11(16)15-7-3-8-6(1-2-17-8)14-10(5)7/h3-4,12H,1-2,13H2,(H,15,16). The van der Waals surface area contributed by atoms with Crippen LogP contribution < -0.4 is 16.0 Å². The third-order valence-corrected chi connectivity index (χ3v) is 2.84. The summed E-state index contributed by atoms with van der Waals surface area (Å²) in [7, 11) is 0. The van der Waals surface area contributed by atoms with E-state index in [1.807, 2.05) is 0 Å². The van der Waals surface area contributed by atoms with Crippen molar-refractivity contribution in [3.8, 4) is 5.75 Å². The van der Waals surface area contributed by atoms with E-state index in [0.717, 1.165) is 18.3 Å². The van der Waals surface area contributed by atoms with Crippen molar-refractivity contribution in [2.75, 3.05) is 12.3 Å². The predicted molar refractivity (Wildman–Crippen MR) is 63.9 cm³/mol. The second kappa shape index (κ2) is 3.31. The molecule has 1 aliphatic heterocycles. The molecule has 0 saturated carbocycles. The first-order chi connectivity index (χ1) is 8.20. The molecule has 3 rings (SSSR count). The molecule has 2 aromatic heterocycles. The minimum absolute atomic E-state index is 0.0267. The molecule has 3 heterocycles. The van der Waals surface area contributed by atoms with Crippen molar-refractivity contribution in [1.82, 2.24) is 9.97 Å². The molecule has 0 amide bonds. The molecule has 0 fully saturated rings. The van der Waals surface area contributed by atoms with Crippen LogP contribution in [0.5, 0.6) is 5.75 Å². The van der Waals surface area contributed by atoms with Gasteiger partial charge >= 0.3 is 0 Å². The van der Waals surface area contributed by atoms with Crippen LogP contribution >= 0.6 is 0 Å². The first-order valence-corrected chi connectivity index (χ1v) is 5.19. The number of pyridine rings is 2. The second-order valence-electron chi connectivity index (χ2n) is 3.85. The minimum Gasteiger partial charge on any atom is -0.491 e. The Morgan fingerprint density at radius 1 is 1.59 bits per heavy atom. The second-order valence-corrected chi connectivity index (χ2v) is 3.85. The van der Waals surface area contributed by atoms with Gasteiger partial charge in [0.1, 0.15) is 11.4 Å². The molecule has 0 bridgehead atoms. The number of aromatic nitrogens is 2. The Labute approximate surface area is 95.9 Å². The molecule has 6 heteroatoms. The highest BCUT2D eigenvalue weighted by Gasteiger charge is 2.17. The summed E-state index contributed by atoms with van der Waals surface area (Å²) in [4.78, 5) is 18.6. The van der Waals surface area contributed by atoms with E-state index in [2.05, 4.69) is 9.97 Å². The SMILES string of the molecule is N=Cc1c(N)c(=O)[nH]c2cc3c(nc12)CCO3. The van der Waals surface area contributed by atoms with Crippen LogP contribution in [0.3, 0.4) is 0 Å². The molecule has 0 aromatic carbocycles. The van der Waals surface area contributed by atoms with Gasteiger partial charge < -0.3 is 20.9 Å². The average molecular weight is 230 g/mol. The molecule has 2 aromatic rings. The molecule has 6 nitrogen and oxygen atoms in total. The van der Waals surface area contributed by atoms with Crippen LogP contribution in [0, 0.1) is 5.41 Å². The van der Waals surface area contributed by atoms with Crippen molar-refractivity contribution in [2.24, 2.45) is 0 Å². The highest BCUT2D eigenvalue weighted by molar-refractivity contribution is 6.00. The lowest BCUT2D eigenvalue weighted by Gasteiger charge is -2.06. The summed E-state index contributed by atoms with van der Waals surface area (Å²) in [5.74, 6) is 0.689. The lowest BCUT2D eigenvalue weighted by Crippen LogP contribution is -2.15. The molecule has 0 aliphatic carbocycles. The van der Waals surface area contributed by atoms with Crippen LogP contribution in [0.25, 0.3) is 11.0 Å². The monoisotopic (exact) mass is 230 g/mol. The summed E-state index contributed by atoms with van der Waals surface area (Å²) in [5.41, 5.74) is 7.55. The first-order valence-electron chi connectivity index (χ1n) is 5.19. The fourth-order valence-corrected chi connectivity index (χ4v) is 1.98. The zero-order chi connectivity index (χ0) is 12.0. The molecule has 0 saturated heterocycles. The Kier molecular flexibility index (Phi) is 1.91. The summed E-state index contributed by atoms with van der Waals surface area (Å²) < 4.78 is 5.38. The van der Waals surface area contributed by atoms with E-state index in [-0.39, 0.29) is 5.69 Å². The number of nitrogen functional groups attached to an aromatic ring is 1. The smallest absolute Gasteiger partial charge is 0.272 e. The van der Waals surface area contributed by atoms with Crippen LogP contribution in [0.2, 0.25) is 0 Å². The molecule has 0 spiro atoms. The van der Waals surface area contributed by atoms with E-state index in [1.165, 1.54) is 0 Å². The Balaban J connectivity index is 2.47. The van der Waals surface area contributed by atoms with E-state index >= 15 is 0 Å². The predicted octanol–water partition coefficient (Wildman–Crippen LogP) is 0.438. The molecule has 86 valence electrons.